The van der Waals surface area contributed by atoms with Gasteiger partial charge in [-0.3, -0.25) is 4.79 Å². The molecule has 0 spiro atoms. The van der Waals surface area contributed by atoms with Gasteiger partial charge in [-0.15, -0.1) is 0 Å². The Kier molecular flexibility index (Phi) is 5.38. The number of aryl methyl sites for hydroxylation is 1. The van der Waals surface area contributed by atoms with Gasteiger partial charge in [0.15, 0.2) is 0 Å². The molecule has 2 aromatic carbocycles. The van der Waals surface area contributed by atoms with Crippen molar-refractivity contribution in [1.29, 1.82) is 0 Å². The summed E-state index contributed by atoms with van der Waals surface area (Å²) in [5.74, 6) is 1.50. The molecule has 2 heterocycles. The van der Waals surface area contributed by atoms with Crippen LogP contribution in [0.5, 0.6) is 5.75 Å². The number of nitrogens with zero attached hydrogens (tertiary/aromatic N) is 2. The highest BCUT2D eigenvalue weighted by atomic mass is 16.5. The van der Waals surface area contributed by atoms with Crippen LogP contribution in [0, 0.1) is 0 Å². The van der Waals surface area contributed by atoms with Crippen molar-refractivity contribution in [1.82, 2.24) is 9.47 Å². The lowest BCUT2D eigenvalue weighted by Crippen LogP contribution is -2.35. The first-order chi connectivity index (χ1) is 13.7. The lowest BCUT2D eigenvalue weighted by Gasteiger charge is -2.25. The van der Waals surface area contributed by atoms with Gasteiger partial charge >= 0.3 is 0 Å². The SMILES string of the molecule is COc1ccc(C2CCCCN(C(=O)Cc3cn(C)c4ccccc34)C2)cc1. The minimum Gasteiger partial charge on any atom is -0.497 e. The van der Waals surface area contributed by atoms with Gasteiger partial charge in [0.1, 0.15) is 5.75 Å². The van der Waals surface area contributed by atoms with E-state index in [2.05, 4.69) is 39.9 Å². The second-order valence-electron chi connectivity index (χ2n) is 7.76. The molecule has 0 radical (unpaired) electrons. The van der Waals surface area contributed by atoms with Crippen LogP contribution in [0.1, 0.15) is 36.3 Å². The Hall–Kier alpha value is -2.75. The Morgan fingerprint density at radius 1 is 1.11 bits per heavy atom. The molecular weight excluding hydrogens is 348 g/mol. The zero-order chi connectivity index (χ0) is 19.5. The highest BCUT2D eigenvalue weighted by molar-refractivity contribution is 5.89. The Morgan fingerprint density at radius 3 is 2.68 bits per heavy atom. The van der Waals surface area contributed by atoms with E-state index >= 15 is 0 Å². The van der Waals surface area contributed by atoms with Crippen LogP contribution in [0.25, 0.3) is 10.9 Å². The molecule has 146 valence electrons. The number of likely N-dealkylation sites (tertiary alicyclic amines) is 1. The average molecular weight is 377 g/mol. The summed E-state index contributed by atoms with van der Waals surface area (Å²) in [5.41, 5.74) is 3.59. The third-order valence-electron chi connectivity index (χ3n) is 5.93. The Balaban J connectivity index is 1.51. The summed E-state index contributed by atoms with van der Waals surface area (Å²) in [7, 11) is 3.73. The number of carbonyl (C=O) groups is 1. The average Bonchev–Trinajstić information content (AvgIpc) is 2.90. The molecule has 1 aliphatic rings. The molecule has 1 saturated heterocycles. The molecule has 0 bridgehead atoms. The summed E-state index contributed by atoms with van der Waals surface area (Å²) in [4.78, 5) is 15.2. The smallest absolute Gasteiger partial charge is 0.227 e. The van der Waals surface area contributed by atoms with E-state index in [0.717, 1.165) is 43.7 Å². The molecule has 1 fully saturated rings. The van der Waals surface area contributed by atoms with Crippen molar-refractivity contribution in [3.05, 3.63) is 65.9 Å². The number of methoxy groups -OCH3 is 1. The predicted octanol–water partition coefficient (Wildman–Crippen LogP) is 4.53. The van der Waals surface area contributed by atoms with Gasteiger partial charge in [0, 0.05) is 43.2 Å². The Morgan fingerprint density at radius 2 is 1.89 bits per heavy atom. The molecule has 1 aliphatic heterocycles. The minimum absolute atomic E-state index is 0.233. The van der Waals surface area contributed by atoms with Crippen LogP contribution < -0.4 is 4.74 Å². The fourth-order valence-corrected chi connectivity index (χ4v) is 4.36. The molecule has 4 rings (SSSR count). The van der Waals surface area contributed by atoms with E-state index in [0.29, 0.717) is 12.3 Å². The Bertz CT molecular complexity index is 958. The first-order valence-corrected chi connectivity index (χ1v) is 10.1. The van der Waals surface area contributed by atoms with E-state index in [1.54, 1.807) is 7.11 Å². The number of para-hydroxylation sites is 1. The van der Waals surface area contributed by atoms with Gasteiger partial charge in [-0.2, -0.15) is 0 Å². The van der Waals surface area contributed by atoms with Crippen molar-refractivity contribution in [2.24, 2.45) is 7.05 Å². The van der Waals surface area contributed by atoms with Crippen molar-refractivity contribution < 1.29 is 9.53 Å². The minimum atomic E-state index is 0.233. The van der Waals surface area contributed by atoms with Gasteiger partial charge in [-0.05, 0) is 42.2 Å². The van der Waals surface area contributed by atoms with Gasteiger partial charge in [0.25, 0.3) is 0 Å². The van der Waals surface area contributed by atoms with Crippen LogP contribution in [0.2, 0.25) is 0 Å². The van der Waals surface area contributed by atoms with Gasteiger partial charge < -0.3 is 14.2 Å². The number of rotatable bonds is 4. The molecule has 28 heavy (non-hydrogen) atoms. The molecule has 3 aromatic rings. The molecule has 4 heteroatoms. The maximum absolute atomic E-state index is 13.1. The monoisotopic (exact) mass is 376 g/mol. The third-order valence-corrected chi connectivity index (χ3v) is 5.93. The molecule has 1 amide bonds. The zero-order valence-corrected chi connectivity index (χ0v) is 16.7. The summed E-state index contributed by atoms with van der Waals surface area (Å²) in [6.45, 7) is 1.66. The number of amides is 1. The maximum atomic E-state index is 13.1. The highest BCUT2D eigenvalue weighted by Crippen LogP contribution is 2.29. The lowest BCUT2D eigenvalue weighted by atomic mass is 9.94. The maximum Gasteiger partial charge on any atom is 0.227 e. The Labute approximate surface area is 166 Å². The second kappa shape index (κ2) is 8.09. The zero-order valence-electron chi connectivity index (χ0n) is 16.7. The number of hydrogen-bond donors (Lipinski definition) is 0. The number of ether oxygens (including phenoxy) is 1. The molecule has 0 saturated carbocycles. The second-order valence-corrected chi connectivity index (χ2v) is 7.76. The van der Waals surface area contributed by atoms with Crippen LogP contribution in [0.15, 0.2) is 54.7 Å². The van der Waals surface area contributed by atoms with Crippen LogP contribution >= 0.6 is 0 Å². The predicted molar refractivity (Wildman–Crippen MR) is 113 cm³/mol. The highest BCUT2D eigenvalue weighted by Gasteiger charge is 2.24. The van der Waals surface area contributed by atoms with E-state index in [9.17, 15) is 4.79 Å². The first kappa shape index (κ1) is 18.6. The summed E-state index contributed by atoms with van der Waals surface area (Å²) < 4.78 is 7.39. The molecular formula is C24H28N2O2. The number of carbonyl (C=O) groups excluding carboxylic acids is 1. The first-order valence-electron chi connectivity index (χ1n) is 10.1. The number of aromatic nitrogens is 1. The van der Waals surface area contributed by atoms with Gasteiger partial charge in [-0.25, -0.2) is 0 Å². The van der Waals surface area contributed by atoms with E-state index in [1.165, 1.54) is 16.5 Å². The van der Waals surface area contributed by atoms with Gasteiger partial charge in [-0.1, -0.05) is 36.8 Å². The van der Waals surface area contributed by atoms with E-state index < -0.39 is 0 Å². The largest absolute Gasteiger partial charge is 0.497 e. The number of hydrogen-bond acceptors (Lipinski definition) is 2. The van der Waals surface area contributed by atoms with E-state index in [1.807, 2.05) is 31.3 Å². The molecule has 1 unspecified atom stereocenters. The van der Waals surface area contributed by atoms with Crippen molar-refractivity contribution in [3.8, 4) is 5.75 Å². The van der Waals surface area contributed by atoms with Crippen LogP contribution in [-0.4, -0.2) is 35.6 Å². The van der Waals surface area contributed by atoms with Crippen molar-refractivity contribution in [2.45, 2.75) is 31.6 Å². The normalized spacial score (nSPS) is 17.5. The number of benzene rings is 2. The molecule has 4 nitrogen and oxygen atoms in total. The summed E-state index contributed by atoms with van der Waals surface area (Å²) in [6, 6.07) is 16.6. The van der Waals surface area contributed by atoms with Crippen molar-refractivity contribution >= 4 is 16.8 Å². The summed E-state index contributed by atoms with van der Waals surface area (Å²) >= 11 is 0. The molecule has 1 atom stereocenters. The number of fused-ring (bicyclic) bond motifs is 1. The summed E-state index contributed by atoms with van der Waals surface area (Å²) in [5, 5.41) is 1.18. The molecule has 1 aromatic heterocycles. The van der Waals surface area contributed by atoms with Crippen LogP contribution in [0.3, 0.4) is 0 Å². The van der Waals surface area contributed by atoms with Crippen molar-refractivity contribution in [3.63, 3.8) is 0 Å². The fraction of sp³-hybridized carbons (Fsp3) is 0.375. The summed E-state index contributed by atoms with van der Waals surface area (Å²) in [6.07, 6.45) is 5.94. The van der Waals surface area contributed by atoms with Gasteiger partial charge in [0.2, 0.25) is 5.91 Å². The van der Waals surface area contributed by atoms with Crippen LogP contribution in [0.4, 0.5) is 0 Å². The van der Waals surface area contributed by atoms with Crippen molar-refractivity contribution in [2.75, 3.05) is 20.2 Å². The standard InChI is InChI=1S/C24H28N2O2/c1-25-16-20(22-8-3-4-9-23(22)25)15-24(27)26-14-6-5-7-19(17-26)18-10-12-21(28-2)13-11-18/h3-4,8-13,16,19H,5-7,14-15,17H2,1-2H3. The van der Waals surface area contributed by atoms with Crippen LogP contribution in [-0.2, 0) is 18.3 Å². The quantitative estimate of drug-likeness (QED) is 0.671. The fourth-order valence-electron chi connectivity index (χ4n) is 4.36. The molecule has 0 aliphatic carbocycles. The van der Waals surface area contributed by atoms with E-state index in [4.69, 9.17) is 4.74 Å². The van der Waals surface area contributed by atoms with E-state index in [-0.39, 0.29) is 5.91 Å². The third kappa shape index (κ3) is 3.77. The molecule has 0 N–H and O–H groups in total. The van der Waals surface area contributed by atoms with Gasteiger partial charge in [0.05, 0.1) is 13.5 Å². The lowest BCUT2D eigenvalue weighted by molar-refractivity contribution is -0.130. The topological polar surface area (TPSA) is 34.5 Å².